The monoisotopic (exact) mass is 283 g/mol. The zero-order chi connectivity index (χ0) is 15.1. The molecule has 21 heavy (non-hydrogen) atoms. The molecule has 0 spiro atoms. The first-order chi connectivity index (χ1) is 9.43. The maximum atomic E-state index is 10.2. The van der Waals surface area contributed by atoms with Gasteiger partial charge in [0.05, 0.1) is 11.9 Å². The molecule has 0 saturated carbocycles. The van der Waals surface area contributed by atoms with Gasteiger partial charge in [0.25, 0.3) is 0 Å². The molecule has 0 unspecified atom stereocenters. The van der Waals surface area contributed by atoms with E-state index in [0.717, 1.165) is 0 Å². The molecule has 0 aromatic heterocycles. The summed E-state index contributed by atoms with van der Waals surface area (Å²) in [6, 6.07) is 11.3. The fourth-order valence-corrected chi connectivity index (χ4v) is 1.29. The fourth-order valence-electron chi connectivity index (χ4n) is 1.29. The smallest absolute Gasteiger partial charge is 0.545 e. The Kier molecular flexibility index (Phi) is 7.21. The van der Waals surface area contributed by atoms with E-state index in [1.807, 2.05) is 0 Å². The third-order valence-corrected chi connectivity index (χ3v) is 2.25. The first kappa shape index (κ1) is 18.1. The summed E-state index contributed by atoms with van der Waals surface area (Å²) in [5.74, 6) is -3.25. The van der Waals surface area contributed by atoms with Crippen LogP contribution in [0.25, 0.3) is 0 Å². The molecule has 0 aliphatic carbocycles. The van der Waals surface area contributed by atoms with Gasteiger partial charge in [-0.15, -0.1) is 0 Å². The summed E-state index contributed by atoms with van der Waals surface area (Å²) < 4.78 is 0. The molecule has 0 saturated heterocycles. The summed E-state index contributed by atoms with van der Waals surface area (Å²) in [6.07, 6.45) is 0. The van der Waals surface area contributed by atoms with Crippen LogP contribution in [-0.4, -0.2) is 32.3 Å². The Morgan fingerprint density at radius 2 is 1.00 bits per heavy atom. The molecule has 0 amide bonds. The molecule has 6 nitrogen and oxygen atoms in total. The molecule has 0 bridgehead atoms. The van der Waals surface area contributed by atoms with Crippen LogP contribution in [0.5, 0.6) is 11.5 Å². The number of hydrogen-bond donors (Lipinski definition) is 2. The number of carboxylic acids is 2. The Morgan fingerprint density at radius 1 is 0.714 bits per heavy atom. The van der Waals surface area contributed by atoms with E-state index in [-0.39, 0.29) is 32.7 Å². The van der Waals surface area contributed by atoms with Crippen molar-refractivity contribution in [2.45, 2.75) is 0 Å². The number of carbonyl (C=O) groups excluding carboxylic acids is 2. The minimum Gasteiger partial charge on any atom is -0.545 e. The Morgan fingerprint density at radius 3 is 1.19 bits per heavy atom. The molecule has 2 N–H and O–H groups in total. The van der Waals surface area contributed by atoms with Crippen LogP contribution in [0.1, 0.15) is 20.7 Å². The summed E-state index contributed by atoms with van der Waals surface area (Å²) in [6.45, 7) is 0. The van der Waals surface area contributed by atoms with Crippen LogP contribution in [-0.2, 0) is 0 Å². The van der Waals surface area contributed by atoms with Crippen molar-refractivity contribution in [1.29, 1.82) is 0 Å². The minimum atomic E-state index is -1.36. The van der Waals surface area contributed by atoms with Crippen molar-refractivity contribution in [2.75, 3.05) is 0 Å². The number of rotatable bonds is 2. The molecule has 0 aliphatic rings. The van der Waals surface area contributed by atoms with E-state index in [0.29, 0.717) is 0 Å². The second kappa shape index (κ2) is 8.35. The number of para-hydroxylation sites is 2. The van der Waals surface area contributed by atoms with Crippen molar-refractivity contribution in [3.8, 4) is 11.5 Å². The Balaban J connectivity index is 0.000000364. The number of phenols is 2. The van der Waals surface area contributed by atoms with Crippen molar-refractivity contribution in [3.05, 3.63) is 59.7 Å². The Hall–Kier alpha value is -2.85. The van der Waals surface area contributed by atoms with E-state index >= 15 is 0 Å². The molecular formula is C14H10BeO6. The SMILES string of the molecule is O=C([O-])c1ccccc1O.O=C([O-])c1ccccc1O.[Be+2]. The normalized spacial score (nSPS) is 8.76. The van der Waals surface area contributed by atoms with Crippen LogP contribution in [0.4, 0.5) is 0 Å². The van der Waals surface area contributed by atoms with E-state index < -0.39 is 11.9 Å². The molecule has 2 rings (SSSR count). The molecule has 0 fully saturated rings. The second-order valence-electron chi connectivity index (χ2n) is 3.61. The van der Waals surface area contributed by atoms with Gasteiger partial charge >= 0.3 is 10.1 Å². The number of carboxylic acid groups (broad SMARTS) is 2. The van der Waals surface area contributed by atoms with E-state index in [1.54, 1.807) is 12.1 Å². The van der Waals surface area contributed by atoms with Crippen molar-refractivity contribution >= 4 is 22.1 Å². The van der Waals surface area contributed by atoms with Crippen LogP contribution in [0, 0.1) is 0 Å². The molecular weight excluding hydrogens is 273 g/mol. The topological polar surface area (TPSA) is 121 Å². The predicted octanol–water partition coefficient (Wildman–Crippen LogP) is -0.869. The van der Waals surface area contributed by atoms with Gasteiger partial charge in [-0.1, -0.05) is 24.3 Å². The van der Waals surface area contributed by atoms with Crippen molar-refractivity contribution in [1.82, 2.24) is 0 Å². The molecule has 2 aromatic carbocycles. The van der Waals surface area contributed by atoms with E-state index in [2.05, 4.69) is 0 Å². The summed E-state index contributed by atoms with van der Waals surface area (Å²) in [5, 5.41) is 38.0. The summed E-state index contributed by atoms with van der Waals surface area (Å²) in [7, 11) is 0. The number of aromatic hydroxyl groups is 2. The molecule has 0 radical (unpaired) electrons. The first-order valence-corrected chi connectivity index (χ1v) is 5.42. The standard InChI is InChI=1S/2C7H6O3.Be/c2*8-6-4-2-1-3-5(6)7(9)10;/h2*1-4,8H,(H,9,10);/q;;+2/p-2. The zero-order valence-electron chi connectivity index (χ0n) is 10.9. The van der Waals surface area contributed by atoms with Crippen LogP contribution in [0.2, 0.25) is 0 Å². The van der Waals surface area contributed by atoms with Crippen LogP contribution >= 0.6 is 0 Å². The van der Waals surface area contributed by atoms with Gasteiger partial charge < -0.3 is 30.0 Å². The van der Waals surface area contributed by atoms with Crippen molar-refractivity contribution < 1.29 is 30.0 Å². The third kappa shape index (κ3) is 5.34. The Bertz CT molecular complexity index is 571. The number of carbonyl (C=O) groups is 2. The average Bonchev–Trinajstić information content (AvgIpc) is 2.40. The third-order valence-electron chi connectivity index (χ3n) is 2.25. The fraction of sp³-hybridized carbons (Fsp3) is 0. The predicted molar refractivity (Wildman–Crippen MR) is 70.6 cm³/mol. The Labute approximate surface area is 124 Å². The van der Waals surface area contributed by atoms with Gasteiger partial charge in [0, 0.05) is 11.1 Å². The van der Waals surface area contributed by atoms with Gasteiger partial charge in [-0.3, -0.25) is 0 Å². The van der Waals surface area contributed by atoms with Crippen LogP contribution < -0.4 is 10.2 Å². The maximum absolute atomic E-state index is 10.2. The van der Waals surface area contributed by atoms with Gasteiger partial charge in [0.1, 0.15) is 11.5 Å². The number of hydrogen-bond acceptors (Lipinski definition) is 6. The zero-order valence-corrected chi connectivity index (χ0v) is 10.9. The minimum absolute atomic E-state index is 0. The first-order valence-electron chi connectivity index (χ1n) is 5.42. The van der Waals surface area contributed by atoms with Gasteiger partial charge in [0.15, 0.2) is 0 Å². The van der Waals surface area contributed by atoms with Crippen molar-refractivity contribution in [2.24, 2.45) is 0 Å². The molecule has 0 aliphatic heterocycles. The largest absolute Gasteiger partial charge is 2.00 e. The van der Waals surface area contributed by atoms with Crippen LogP contribution in [0.15, 0.2) is 48.5 Å². The molecule has 0 atom stereocenters. The molecule has 7 heteroatoms. The van der Waals surface area contributed by atoms with Gasteiger partial charge in [-0.2, -0.15) is 0 Å². The molecule has 2 aromatic rings. The van der Waals surface area contributed by atoms with Gasteiger partial charge in [0.2, 0.25) is 0 Å². The van der Waals surface area contributed by atoms with Gasteiger partial charge in [-0.25, -0.2) is 0 Å². The summed E-state index contributed by atoms with van der Waals surface area (Å²) >= 11 is 0. The van der Waals surface area contributed by atoms with E-state index in [4.69, 9.17) is 10.2 Å². The second-order valence-corrected chi connectivity index (χ2v) is 3.61. The van der Waals surface area contributed by atoms with Gasteiger partial charge in [-0.05, 0) is 24.3 Å². The summed E-state index contributed by atoms with van der Waals surface area (Å²) in [4.78, 5) is 20.3. The quantitative estimate of drug-likeness (QED) is 0.691. The number of aromatic carboxylic acids is 2. The molecule has 104 valence electrons. The average molecular weight is 283 g/mol. The van der Waals surface area contributed by atoms with Crippen molar-refractivity contribution in [3.63, 3.8) is 0 Å². The van der Waals surface area contributed by atoms with E-state index in [1.165, 1.54) is 36.4 Å². The maximum Gasteiger partial charge on any atom is 2.00 e. The van der Waals surface area contributed by atoms with Crippen LogP contribution in [0.3, 0.4) is 0 Å². The summed E-state index contributed by atoms with van der Waals surface area (Å²) in [5.41, 5.74) is -0.356. The van der Waals surface area contributed by atoms with E-state index in [9.17, 15) is 19.8 Å². The molecule has 0 heterocycles. The number of benzene rings is 2.